The number of amides is 1. The van der Waals surface area contributed by atoms with Crippen LogP contribution in [0.4, 0.5) is 0 Å². The van der Waals surface area contributed by atoms with Gasteiger partial charge in [-0.05, 0) is 52.7 Å². The second-order valence-electron chi connectivity index (χ2n) is 6.40. The zero-order valence-corrected chi connectivity index (χ0v) is 17.2. The molecule has 7 nitrogen and oxygen atoms in total. The van der Waals surface area contributed by atoms with Crippen molar-refractivity contribution in [3.63, 3.8) is 0 Å². The van der Waals surface area contributed by atoms with Gasteiger partial charge in [0.15, 0.2) is 0 Å². The van der Waals surface area contributed by atoms with Crippen LogP contribution in [-0.4, -0.2) is 22.6 Å². The second-order valence-corrected chi connectivity index (χ2v) is 7.25. The third-order valence-electron chi connectivity index (χ3n) is 4.50. The largest absolute Gasteiger partial charge is 0.496 e. The van der Waals surface area contributed by atoms with Crippen molar-refractivity contribution in [3.8, 4) is 5.75 Å². The lowest BCUT2D eigenvalue weighted by atomic mass is 10.1. The minimum atomic E-state index is -0.590. The highest BCUT2D eigenvalue weighted by Gasteiger charge is 2.14. The van der Waals surface area contributed by atoms with Gasteiger partial charge in [0.2, 0.25) is 5.91 Å². The fraction of sp³-hybridized carbons (Fsp3) is 0.250. The van der Waals surface area contributed by atoms with E-state index in [2.05, 4.69) is 26.2 Å². The van der Waals surface area contributed by atoms with Gasteiger partial charge < -0.3 is 15.8 Å². The number of primary amides is 1. The molecule has 28 heavy (non-hydrogen) atoms. The minimum absolute atomic E-state index is 0.0207. The quantitative estimate of drug-likeness (QED) is 0.582. The maximum absolute atomic E-state index is 12.8. The zero-order chi connectivity index (χ0) is 20.3. The molecule has 0 aliphatic heterocycles. The molecular weight excluding hydrogens is 424 g/mol. The topological polar surface area (TPSA) is 99.2 Å². The van der Waals surface area contributed by atoms with Crippen LogP contribution in [0, 0.1) is 0 Å². The van der Waals surface area contributed by atoms with Gasteiger partial charge in [-0.3, -0.25) is 14.2 Å². The van der Waals surface area contributed by atoms with Crippen LogP contribution < -0.4 is 21.3 Å². The van der Waals surface area contributed by atoms with Gasteiger partial charge >= 0.3 is 0 Å². The summed E-state index contributed by atoms with van der Waals surface area (Å²) in [6, 6.07) is 12.9. The molecule has 2 aromatic carbocycles. The molecule has 3 aromatic rings. The van der Waals surface area contributed by atoms with Crippen molar-refractivity contribution < 1.29 is 9.53 Å². The van der Waals surface area contributed by atoms with Gasteiger partial charge in [-0.15, -0.1) is 0 Å². The third kappa shape index (κ3) is 4.23. The lowest BCUT2D eigenvalue weighted by Gasteiger charge is -2.18. The van der Waals surface area contributed by atoms with Gasteiger partial charge in [-0.1, -0.05) is 18.2 Å². The Morgan fingerprint density at radius 1 is 1.32 bits per heavy atom. The second kappa shape index (κ2) is 8.53. The summed E-state index contributed by atoms with van der Waals surface area (Å²) >= 11 is 3.49. The minimum Gasteiger partial charge on any atom is -0.496 e. The molecule has 3 N–H and O–H groups in total. The van der Waals surface area contributed by atoms with Gasteiger partial charge in [0.05, 0.1) is 29.0 Å². The van der Waals surface area contributed by atoms with Crippen molar-refractivity contribution in [2.24, 2.45) is 5.73 Å². The molecule has 0 bridgehead atoms. The van der Waals surface area contributed by atoms with Gasteiger partial charge in [-0.2, -0.15) is 0 Å². The normalized spacial score (nSPS) is 12.1. The molecule has 0 saturated carbocycles. The molecule has 0 saturated heterocycles. The maximum Gasteiger partial charge on any atom is 0.261 e. The van der Waals surface area contributed by atoms with E-state index < -0.39 is 5.91 Å². The molecule has 0 unspecified atom stereocenters. The number of fused-ring (bicyclic) bond motifs is 1. The summed E-state index contributed by atoms with van der Waals surface area (Å²) in [6.07, 6.45) is 0. The smallest absolute Gasteiger partial charge is 0.261 e. The molecule has 3 rings (SSSR count). The zero-order valence-electron chi connectivity index (χ0n) is 15.6. The SMILES string of the molecule is COc1ccc([C@H](C)NCc2nc3ccccc3c(=O)n2CC(N)=O)cc1Br. The lowest BCUT2D eigenvalue weighted by molar-refractivity contribution is -0.118. The lowest BCUT2D eigenvalue weighted by Crippen LogP contribution is -2.33. The number of rotatable bonds is 7. The van der Waals surface area contributed by atoms with E-state index in [9.17, 15) is 9.59 Å². The molecule has 0 radical (unpaired) electrons. The molecule has 0 aliphatic carbocycles. The Bertz CT molecular complexity index is 1080. The van der Waals surface area contributed by atoms with E-state index in [1.165, 1.54) is 4.57 Å². The first-order valence-corrected chi connectivity index (χ1v) is 9.53. The van der Waals surface area contributed by atoms with E-state index >= 15 is 0 Å². The molecule has 0 spiro atoms. The van der Waals surface area contributed by atoms with Crippen molar-refractivity contribution in [2.45, 2.75) is 26.1 Å². The van der Waals surface area contributed by atoms with Crippen molar-refractivity contribution >= 4 is 32.7 Å². The number of hydrogen-bond acceptors (Lipinski definition) is 5. The van der Waals surface area contributed by atoms with Gasteiger partial charge in [0, 0.05) is 6.04 Å². The molecule has 1 aromatic heterocycles. The van der Waals surface area contributed by atoms with Crippen molar-refractivity contribution in [2.75, 3.05) is 7.11 Å². The van der Waals surface area contributed by atoms with Gasteiger partial charge in [-0.25, -0.2) is 4.98 Å². The predicted octanol–water partition coefficient (Wildman–Crippen LogP) is 2.50. The number of carbonyl (C=O) groups excluding carboxylic acids is 1. The summed E-state index contributed by atoms with van der Waals surface area (Å²) in [5.41, 5.74) is 6.68. The molecule has 0 fully saturated rings. The van der Waals surface area contributed by atoms with E-state index in [1.807, 2.05) is 31.2 Å². The number of nitrogens with zero attached hydrogens (tertiary/aromatic N) is 2. The summed E-state index contributed by atoms with van der Waals surface area (Å²) in [4.78, 5) is 28.8. The summed E-state index contributed by atoms with van der Waals surface area (Å²) in [7, 11) is 1.62. The Balaban J connectivity index is 1.89. The number of ether oxygens (including phenoxy) is 1. The highest BCUT2D eigenvalue weighted by atomic mass is 79.9. The number of methoxy groups -OCH3 is 1. The Kier molecular flexibility index (Phi) is 6.11. The van der Waals surface area contributed by atoms with Crippen LogP contribution in [0.2, 0.25) is 0 Å². The van der Waals surface area contributed by atoms with E-state index in [-0.39, 0.29) is 18.1 Å². The Morgan fingerprint density at radius 3 is 2.75 bits per heavy atom. The first kappa shape index (κ1) is 20.0. The van der Waals surface area contributed by atoms with Crippen LogP contribution in [0.1, 0.15) is 24.4 Å². The average molecular weight is 445 g/mol. The predicted molar refractivity (Wildman–Crippen MR) is 111 cm³/mol. The molecule has 1 amide bonds. The Morgan fingerprint density at radius 2 is 2.07 bits per heavy atom. The average Bonchev–Trinajstić information content (AvgIpc) is 2.68. The highest BCUT2D eigenvalue weighted by molar-refractivity contribution is 9.10. The number of halogens is 1. The highest BCUT2D eigenvalue weighted by Crippen LogP contribution is 2.28. The molecule has 0 aliphatic rings. The first-order valence-electron chi connectivity index (χ1n) is 8.74. The summed E-state index contributed by atoms with van der Waals surface area (Å²) in [5, 5.41) is 3.81. The van der Waals surface area contributed by atoms with Crippen molar-refractivity contribution in [3.05, 3.63) is 68.7 Å². The van der Waals surface area contributed by atoms with Crippen LogP contribution in [0.5, 0.6) is 5.75 Å². The molecular formula is C20H21BrN4O3. The van der Waals surface area contributed by atoms with Crippen LogP contribution in [0.25, 0.3) is 10.9 Å². The third-order valence-corrected chi connectivity index (χ3v) is 5.12. The first-order chi connectivity index (χ1) is 13.4. The molecule has 146 valence electrons. The van der Waals surface area contributed by atoms with Gasteiger partial charge in [0.25, 0.3) is 5.56 Å². The van der Waals surface area contributed by atoms with E-state index in [1.54, 1.807) is 25.3 Å². The van der Waals surface area contributed by atoms with Crippen LogP contribution in [-0.2, 0) is 17.9 Å². The monoisotopic (exact) mass is 444 g/mol. The number of para-hydroxylation sites is 1. The molecule has 1 heterocycles. The van der Waals surface area contributed by atoms with Gasteiger partial charge in [0.1, 0.15) is 18.1 Å². The van der Waals surface area contributed by atoms with E-state index in [0.29, 0.717) is 23.3 Å². The van der Waals surface area contributed by atoms with Crippen LogP contribution in [0.15, 0.2) is 51.7 Å². The Labute approximate surface area is 170 Å². The van der Waals surface area contributed by atoms with Crippen molar-refractivity contribution in [1.29, 1.82) is 0 Å². The van der Waals surface area contributed by atoms with Crippen LogP contribution >= 0.6 is 15.9 Å². The van der Waals surface area contributed by atoms with E-state index in [4.69, 9.17) is 10.5 Å². The summed E-state index contributed by atoms with van der Waals surface area (Å²) < 4.78 is 7.44. The number of hydrogen-bond donors (Lipinski definition) is 2. The maximum atomic E-state index is 12.8. The van der Waals surface area contributed by atoms with Crippen molar-refractivity contribution in [1.82, 2.24) is 14.9 Å². The van der Waals surface area contributed by atoms with Crippen LogP contribution in [0.3, 0.4) is 0 Å². The number of aromatic nitrogens is 2. The standard InChI is InChI=1S/C20H21BrN4O3/c1-12(13-7-8-17(28-2)15(21)9-13)23-10-19-24-16-6-4-3-5-14(16)20(27)25(19)11-18(22)26/h3-9,12,23H,10-11H2,1-2H3,(H2,22,26)/t12-/m0/s1. The Hall–Kier alpha value is -2.71. The molecule has 1 atom stereocenters. The summed E-state index contributed by atoms with van der Waals surface area (Å²) in [5.74, 6) is 0.622. The fourth-order valence-electron chi connectivity index (χ4n) is 2.98. The molecule has 8 heteroatoms. The summed E-state index contributed by atoms with van der Waals surface area (Å²) in [6.45, 7) is 2.10. The number of benzene rings is 2. The number of nitrogens with one attached hydrogen (secondary N) is 1. The number of carbonyl (C=O) groups is 1. The number of nitrogens with two attached hydrogens (primary N) is 1. The van der Waals surface area contributed by atoms with E-state index in [0.717, 1.165) is 15.8 Å². The fourth-order valence-corrected chi connectivity index (χ4v) is 3.54.